The number of carbonyl (C=O) groups excluding carboxylic acids is 1. The van der Waals surface area contributed by atoms with E-state index in [9.17, 15) is 9.59 Å². The van der Waals surface area contributed by atoms with Crippen LogP contribution in [-0.2, 0) is 4.79 Å². The molecule has 0 atom stereocenters. The Balaban J connectivity index is 1.68. The van der Waals surface area contributed by atoms with E-state index in [4.69, 9.17) is 16.3 Å². The second-order valence-corrected chi connectivity index (χ2v) is 6.31. The summed E-state index contributed by atoms with van der Waals surface area (Å²) in [6, 6.07) is 5.31. The first-order valence-corrected chi connectivity index (χ1v) is 8.36. The predicted molar refractivity (Wildman–Crippen MR) is 93.7 cm³/mol. The van der Waals surface area contributed by atoms with E-state index < -0.39 is 0 Å². The number of carbonyl (C=O) groups is 1. The monoisotopic (exact) mass is 349 g/mol. The van der Waals surface area contributed by atoms with Crippen molar-refractivity contribution in [3.8, 4) is 5.75 Å². The molecule has 1 amide bonds. The molecule has 128 valence electrons. The van der Waals surface area contributed by atoms with Crippen molar-refractivity contribution in [1.82, 2.24) is 15.2 Å². The third kappa shape index (κ3) is 3.55. The molecule has 2 heterocycles. The van der Waals surface area contributed by atoms with Gasteiger partial charge in [0.15, 0.2) is 0 Å². The number of H-pyrrole nitrogens is 1. The molecule has 1 aliphatic heterocycles. The van der Waals surface area contributed by atoms with Gasteiger partial charge in [0.05, 0.1) is 17.0 Å². The molecule has 2 aromatic rings. The van der Waals surface area contributed by atoms with Crippen LogP contribution in [0.5, 0.6) is 5.75 Å². The summed E-state index contributed by atoms with van der Waals surface area (Å²) in [5.74, 6) is 0.766. The van der Waals surface area contributed by atoms with Gasteiger partial charge in [0, 0.05) is 32.1 Å². The third-order valence-electron chi connectivity index (χ3n) is 4.22. The SMILES string of the molecule is CNCC(=O)N1CCC(Oc2cc(Cl)c3c(=O)[nH]ccc3c2)CC1. The second-order valence-electron chi connectivity index (χ2n) is 5.90. The Hall–Kier alpha value is -2.05. The van der Waals surface area contributed by atoms with Crippen molar-refractivity contribution < 1.29 is 9.53 Å². The van der Waals surface area contributed by atoms with E-state index in [0.717, 1.165) is 18.2 Å². The first-order valence-electron chi connectivity index (χ1n) is 7.98. The van der Waals surface area contributed by atoms with Crippen molar-refractivity contribution in [3.05, 3.63) is 39.8 Å². The standard InChI is InChI=1S/C17H20ClN3O3/c1-19-10-15(22)21-6-3-12(4-7-21)24-13-8-11-2-5-20-17(23)16(11)14(18)9-13/h2,5,8-9,12,19H,3-4,6-7,10H2,1H3,(H,20,23). The molecule has 1 aromatic heterocycles. The normalized spacial score (nSPS) is 15.7. The Morgan fingerprint density at radius 1 is 1.42 bits per heavy atom. The molecule has 7 heteroatoms. The van der Waals surface area contributed by atoms with Gasteiger partial charge in [-0.2, -0.15) is 0 Å². The number of pyridine rings is 1. The van der Waals surface area contributed by atoms with Crippen molar-refractivity contribution in [2.45, 2.75) is 18.9 Å². The average Bonchev–Trinajstić information content (AvgIpc) is 2.55. The lowest BCUT2D eigenvalue weighted by atomic mass is 10.1. The van der Waals surface area contributed by atoms with Crippen LogP contribution >= 0.6 is 11.6 Å². The molecule has 3 rings (SSSR count). The van der Waals surface area contributed by atoms with Crippen molar-refractivity contribution in [1.29, 1.82) is 0 Å². The van der Waals surface area contributed by atoms with Crippen molar-refractivity contribution in [3.63, 3.8) is 0 Å². The zero-order valence-corrected chi connectivity index (χ0v) is 14.2. The molecular formula is C17H20ClN3O3. The molecule has 1 aliphatic rings. The number of aromatic amines is 1. The highest BCUT2D eigenvalue weighted by molar-refractivity contribution is 6.35. The smallest absolute Gasteiger partial charge is 0.257 e. The number of halogens is 1. The van der Waals surface area contributed by atoms with E-state index in [1.54, 1.807) is 25.4 Å². The van der Waals surface area contributed by atoms with Crippen LogP contribution in [-0.4, -0.2) is 48.6 Å². The van der Waals surface area contributed by atoms with Crippen LogP contribution < -0.4 is 15.6 Å². The predicted octanol–water partition coefficient (Wildman–Crippen LogP) is 1.77. The van der Waals surface area contributed by atoms with E-state index in [1.165, 1.54) is 0 Å². The van der Waals surface area contributed by atoms with Gasteiger partial charge in [0.2, 0.25) is 5.91 Å². The Morgan fingerprint density at radius 3 is 2.88 bits per heavy atom. The Bertz CT molecular complexity index is 797. The Morgan fingerprint density at radius 2 is 2.17 bits per heavy atom. The Labute approximate surface area is 144 Å². The number of ether oxygens (including phenoxy) is 1. The van der Waals surface area contributed by atoms with Gasteiger partial charge in [0.1, 0.15) is 11.9 Å². The van der Waals surface area contributed by atoms with E-state index in [2.05, 4.69) is 10.3 Å². The van der Waals surface area contributed by atoms with E-state index in [-0.39, 0.29) is 17.6 Å². The van der Waals surface area contributed by atoms with E-state index >= 15 is 0 Å². The molecule has 0 radical (unpaired) electrons. The molecule has 0 saturated carbocycles. The fourth-order valence-electron chi connectivity index (χ4n) is 3.00. The zero-order chi connectivity index (χ0) is 17.1. The summed E-state index contributed by atoms with van der Waals surface area (Å²) in [5, 5.41) is 4.48. The summed E-state index contributed by atoms with van der Waals surface area (Å²) in [6.45, 7) is 1.73. The molecule has 0 unspecified atom stereocenters. The minimum Gasteiger partial charge on any atom is -0.490 e. The number of likely N-dealkylation sites (N-methyl/N-ethyl adjacent to an activating group) is 1. The second kappa shape index (κ2) is 7.23. The lowest BCUT2D eigenvalue weighted by molar-refractivity contribution is -0.131. The molecule has 1 fully saturated rings. The van der Waals surface area contributed by atoms with Crippen molar-refractivity contribution >= 4 is 28.3 Å². The van der Waals surface area contributed by atoms with Crippen LogP contribution in [0.3, 0.4) is 0 Å². The minimum atomic E-state index is -0.208. The maximum absolute atomic E-state index is 11.9. The Kier molecular flexibility index (Phi) is 5.06. The number of nitrogens with one attached hydrogen (secondary N) is 2. The number of hydrogen-bond acceptors (Lipinski definition) is 4. The number of nitrogens with zero attached hydrogens (tertiary/aromatic N) is 1. The summed E-state index contributed by atoms with van der Waals surface area (Å²) in [6.07, 6.45) is 3.19. The zero-order valence-electron chi connectivity index (χ0n) is 13.5. The highest BCUT2D eigenvalue weighted by Gasteiger charge is 2.23. The molecule has 0 bridgehead atoms. The maximum Gasteiger partial charge on any atom is 0.257 e. The van der Waals surface area contributed by atoms with Gasteiger partial charge >= 0.3 is 0 Å². The average molecular weight is 350 g/mol. The van der Waals surface area contributed by atoms with Crippen LogP contribution in [0.25, 0.3) is 10.8 Å². The van der Waals surface area contributed by atoms with Gasteiger partial charge < -0.3 is 19.9 Å². The van der Waals surface area contributed by atoms with Crippen LogP contribution in [0.15, 0.2) is 29.2 Å². The number of rotatable bonds is 4. The van der Waals surface area contributed by atoms with E-state index in [1.807, 2.05) is 11.0 Å². The molecule has 6 nitrogen and oxygen atoms in total. The van der Waals surface area contributed by atoms with Crippen molar-refractivity contribution in [2.24, 2.45) is 0 Å². The van der Waals surface area contributed by atoms with Gasteiger partial charge in [-0.15, -0.1) is 0 Å². The van der Waals surface area contributed by atoms with Gasteiger partial charge in [0.25, 0.3) is 5.56 Å². The first kappa shape index (κ1) is 16.8. The number of aromatic nitrogens is 1. The topological polar surface area (TPSA) is 74.4 Å². The number of amides is 1. The molecular weight excluding hydrogens is 330 g/mol. The molecule has 0 spiro atoms. The molecule has 2 N–H and O–H groups in total. The summed E-state index contributed by atoms with van der Waals surface area (Å²) in [4.78, 5) is 28.2. The minimum absolute atomic E-state index is 0.0409. The number of fused-ring (bicyclic) bond motifs is 1. The number of hydrogen-bond donors (Lipinski definition) is 2. The highest BCUT2D eigenvalue weighted by Crippen LogP contribution is 2.28. The number of likely N-dealkylation sites (tertiary alicyclic amines) is 1. The first-order chi connectivity index (χ1) is 11.6. The summed E-state index contributed by atoms with van der Waals surface area (Å²) in [7, 11) is 1.77. The van der Waals surface area contributed by atoms with Gasteiger partial charge in [-0.05, 0) is 30.6 Å². The summed E-state index contributed by atoms with van der Waals surface area (Å²) < 4.78 is 6.02. The number of piperidine rings is 1. The highest BCUT2D eigenvalue weighted by atomic mass is 35.5. The lowest BCUT2D eigenvalue weighted by Crippen LogP contribution is -2.44. The number of benzene rings is 1. The lowest BCUT2D eigenvalue weighted by Gasteiger charge is -2.32. The quantitative estimate of drug-likeness (QED) is 0.882. The van der Waals surface area contributed by atoms with Gasteiger partial charge in [-0.1, -0.05) is 11.6 Å². The van der Waals surface area contributed by atoms with Gasteiger partial charge in [-0.25, -0.2) is 0 Å². The van der Waals surface area contributed by atoms with Crippen LogP contribution in [0, 0.1) is 0 Å². The van der Waals surface area contributed by atoms with Crippen molar-refractivity contribution in [2.75, 3.05) is 26.7 Å². The van der Waals surface area contributed by atoms with Crippen LogP contribution in [0.2, 0.25) is 5.02 Å². The van der Waals surface area contributed by atoms with Gasteiger partial charge in [-0.3, -0.25) is 9.59 Å². The molecule has 24 heavy (non-hydrogen) atoms. The molecule has 0 aliphatic carbocycles. The van der Waals surface area contributed by atoms with Crippen LogP contribution in [0.4, 0.5) is 0 Å². The van der Waals surface area contributed by atoms with Crippen LogP contribution in [0.1, 0.15) is 12.8 Å². The van der Waals surface area contributed by atoms with E-state index in [0.29, 0.717) is 35.8 Å². The summed E-state index contributed by atoms with van der Waals surface area (Å²) in [5.41, 5.74) is -0.208. The largest absolute Gasteiger partial charge is 0.490 e. The maximum atomic E-state index is 11.9. The fraction of sp³-hybridized carbons (Fsp3) is 0.412. The molecule has 1 saturated heterocycles. The summed E-state index contributed by atoms with van der Waals surface area (Å²) >= 11 is 6.22. The fourth-order valence-corrected chi connectivity index (χ4v) is 3.30. The third-order valence-corrected chi connectivity index (χ3v) is 4.52. The molecule has 1 aromatic carbocycles.